The first-order valence-electron chi connectivity index (χ1n) is 10.5. The van der Waals surface area contributed by atoms with Crippen LogP contribution in [0.2, 0.25) is 0 Å². The minimum Gasteiger partial charge on any atom is -0.495 e. The van der Waals surface area contributed by atoms with E-state index in [2.05, 4.69) is 4.98 Å². The molecule has 2 heterocycles. The highest BCUT2D eigenvalue weighted by molar-refractivity contribution is 7.99. The molecule has 5 rings (SSSR count). The Labute approximate surface area is 194 Å². The van der Waals surface area contributed by atoms with Crippen molar-refractivity contribution in [3.8, 4) is 11.4 Å². The number of thioether (sulfide) groups is 1. The number of carbonyl (C=O) groups excluding carboxylic acids is 1. The van der Waals surface area contributed by atoms with Crippen molar-refractivity contribution in [2.45, 2.75) is 12.1 Å². The molecule has 0 saturated heterocycles. The number of benzene rings is 3. The molecule has 0 radical (unpaired) electrons. The highest BCUT2D eigenvalue weighted by Crippen LogP contribution is 2.30. The van der Waals surface area contributed by atoms with Gasteiger partial charge in [-0.2, -0.15) is 0 Å². The van der Waals surface area contributed by atoms with Crippen molar-refractivity contribution in [2.24, 2.45) is 0 Å². The number of nitrogens with one attached hydrogen (secondary N) is 1. The zero-order valence-electron chi connectivity index (χ0n) is 18.2. The summed E-state index contributed by atoms with van der Waals surface area (Å²) >= 11 is 1.24. The first-order chi connectivity index (χ1) is 16.1. The Hall–Kier alpha value is -3.84. The Morgan fingerprint density at radius 1 is 1.06 bits per heavy atom. The van der Waals surface area contributed by atoms with Crippen molar-refractivity contribution in [3.05, 3.63) is 94.3 Å². The largest absolute Gasteiger partial charge is 0.495 e. The van der Waals surface area contributed by atoms with Gasteiger partial charge in [0.15, 0.2) is 10.9 Å². The second kappa shape index (κ2) is 8.60. The van der Waals surface area contributed by atoms with Crippen LogP contribution in [0.15, 0.2) is 82.7 Å². The molecule has 0 saturated carbocycles. The average Bonchev–Trinajstić information content (AvgIpc) is 3.22. The van der Waals surface area contributed by atoms with Crippen LogP contribution in [-0.4, -0.2) is 33.2 Å². The van der Waals surface area contributed by atoms with Crippen molar-refractivity contribution in [2.75, 3.05) is 12.9 Å². The zero-order chi connectivity index (χ0) is 22.9. The van der Waals surface area contributed by atoms with Gasteiger partial charge in [-0.3, -0.25) is 9.59 Å². The molecule has 1 N–H and O–H groups in total. The molecule has 0 bridgehead atoms. The molecule has 0 aliphatic heterocycles. The standard InChI is InChI=1S/C26H21N3O3S/c1-16-12-13-22(32-2)20(14-16)29-25(31)24-23(18-10-6-7-11-19(18)27-24)28-26(29)33-15-21(30)17-8-4-3-5-9-17/h3-14,27H,15H2,1-2H3. The lowest BCUT2D eigenvalue weighted by Crippen LogP contribution is -2.23. The molecule has 2 aromatic heterocycles. The maximum absolute atomic E-state index is 13.8. The number of fused-ring (bicyclic) bond motifs is 3. The molecule has 5 aromatic rings. The lowest BCUT2D eigenvalue weighted by molar-refractivity contribution is 0.102. The maximum Gasteiger partial charge on any atom is 0.283 e. The van der Waals surface area contributed by atoms with Crippen LogP contribution in [0.25, 0.3) is 27.6 Å². The van der Waals surface area contributed by atoms with Crippen LogP contribution in [0.5, 0.6) is 5.75 Å². The van der Waals surface area contributed by atoms with Crippen molar-refractivity contribution in [1.29, 1.82) is 0 Å². The van der Waals surface area contributed by atoms with Gasteiger partial charge in [0.1, 0.15) is 16.8 Å². The number of Topliss-reactive ketones (excluding diaryl/α,β-unsaturated/α-hetero) is 1. The maximum atomic E-state index is 13.8. The number of hydrogen-bond acceptors (Lipinski definition) is 5. The molecule has 7 heteroatoms. The van der Waals surface area contributed by atoms with Crippen LogP contribution in [0.3, 0.4) is 0 Å². The number of para-hydroxylation sites is 1. The second-order valence-corrected chi connectivity index (χ2v) is 8.62. The van der Waals surface area contributed by atoms with Crippen LogP contribution >= 0.6 is 11.8 Å². The fourth-order valence-corrected chi connectivity index (χ4v) is 4.76. The molecule has 3 aromatic carbocycles. The van der Waals surface area contributed by atoms with E-state index in [0.29, 0.717) is 33.2 Å². The topological polar surface area (TPSA) is 77.0 Å². The number of aromatic amines is 1. The Morgan fingerprint density at radius 2 is 1.82 bits per heavy atom. The third kappa shape index (κ3) is 3.81. The van der Waals surface area contributed by atoms with E-state index in [-0.39, 0.29) is 17.1 Å². The van der Waals surface area contributed by atoms with Gasteiger partial charge < -0.3 is 9.72 Å². The van der Waals surface area contributed by atoms with Gasteiger partial charge in [-0.25, -0.2) is 9.55 Å². The number of aromatic nitrogens is 3. The average molecular weight is 456 g/mol. The highest BCUT2D eigenvalue weighted by atomic mass is 32.2. The molecular formula is C26H21N3O3S. The highest BCUT2D eigenvalue weighted by Gasteiger charge is 2.20. The predicted octanol–water partition coefficient (Wildman–Crippen LogP) is 5.16. The minimum absolute atomic E-state index is 0.0309. The lowest BCUT2D eigenvalue weighted by Gasteiger charge is -2.15. The number of hydrogen-bond donors (Lipinski definition) is 1. The first kappa shape index (κ1) is 21.0. The van der Waals surface area contributed by atoms with Gasteiger partial charge in [-0.15, -0.1) is 0 Å². The van der Waals surface area contributed by atoms with E-state index in [4.69, 9.17) is 9.72 Å². The Balaban J connectivity index is 1.71. The molecule has 6 nitrogen and oxygen atoms in total. The van der Waals surface area contributed by atoms with E-state index >= 15 is 0 Å². The molecule has 164 valence electrons. The fraction of sp³-hybridized carbons (Fsp3) is 0.115. The summed E-state index contributed by atoms with van der Waals surface area (Å²) < 4.78 is 7.09. The van der Waals surface area contributed by atoms with E-state index in [1.54, 1.807) is 19.2 Å². The summed E-state index contributed by atoms with van der Waals surface area (Å²) in [5.41, 5.74) is 3.79. The molecule has 0 unspecified atom stereocenters. The molecule has 0 aliphatic carbocycles. The Kier molecular flexibility index (Phi) is 5.48. The summed E-state index contributed by atoms with van der Waals surface area (Å²) in [4.78, 5) is 34.6. The van der Waals surface area contributed by atoms with Gasteiger partial charge in [-0.1, -0.05) is 66.4 Å². The number of aryl methyl sites for hydroxylation is 1. The smallest absolute Gasteiger partial charge is 0.283 e. The van der Waals surface area contributed by atoms with Crippen LogP contribution in [0, 0.1) is 6.92 Å². The van der Waals surface area contributed by atoms with Gasteiger partial charge in [0.2, 0.25) is 0 Å². The van der Waals surface area contributed by atoms with Crippen LogP contribution in [-0.2, 0) is 0 Å². The zero-order valence-corrected chi connectivity index (χ0v) is 19.0. The molecule has 0 fully saturated rings. The predicted molar refractivity (Wildman–Crippen MR) is 132 cm³/mol. The molecule has 0 atom stereocenters. The van der Waals surface area contributed by atoms with E-state index in [9.17, 15) is 9.59 Å². The summed E-state index contributed by atoms with van der Waals surface area (Å²) in [6.07, 6.45) is 0. The first-order valence-corrected chi connectivity index (χ1v) is 11.4. The Morgan fingerprint density at radius 3 is 2.61 bits per heavy atom. The summed E-state index contributed by atoms with van der Waals surface area (Å²) in [6, 6.07) is 22.4. The quantitative estimate of drug-likeness (QED) is 0.217. The molecule has 33 heavy (non-hydrogen) atoms. The van der Waals surface area contributed by atoms with Gasteiger partial charge in [0.25, 0.3) is 5.56 Å². The third-order valence-electron chi connectivity index (χ3n) is 5.50. The molecule has 0 aliphatic rings. The summed E-state index contributed by atoms with van der Waals surface area (Å²) in [5, 5.41) is 1.30. The molecular weight excluding hydrogens is 434 g/mol. The van der Waals surface area contributed by atoms with E-state index < -0.39 is 0 Å². The minimum atomic E-state index is -0.241. The van der Waals surface area contributed by atoms with Gasteiger partial charge in [-0.05, 0) is 30.7 Å². The summed E-state index contributed by atoms with van der Waals surface area (Å²) in [6.45, 7) is 1.95. The number of methoxy groups -OCH3 is 1. The number of H-pyrrole nitrogens is 1. The van der Waals surface area contributed by atoms with Gasteiger partial charge >= 0.3 is 0 Å². The number of ketones is 1. The number of rotatable bonds is 6. The molecule has 0 amide bonds. The van der Waals surface area contributed by atoms with Crippen molar-refractivity contribution in [1.82, 2.24) is 14.5 Å². The monoisotopic (exact) mass is 455 g/mol. The SMILES string of the molecule is COc1ccc(C)cc1-n1c(SCC(=O)c2ccccc2)nc2c([nH]c3ccccc32)c1=O. The lowest BCUT2D eigenvalue weighted by atomic mass is 10.2. The van der Waals surface area contributed by atoms with Crippen molar-refractivity contribution < 1.29 is 9.53 Å². The van der Waals surface area contributed by atoms with E-state index in [1.807, 2.05) is 67.6 Å². The summed E-state index contributed by atoms with van der Waals surface area (Å²) in [5.74, 6) is 0.672. The van der Waals surface area contributed by atoms with E-state index in [0.717, 1.165) is 16.5 Å². The number of nitrogens with zero attached hydrogens (tertiary/aromatic N) is 2. The third-order valence-corrected chi connectivity index (χ3v) is 6.44. The Bertz CT molecular complexity index is 1550. The number of ether oxygens (including phenoxy) is 1. The van der Waals surface area contributed by atoms with Gasteiger partial charge in [0.05, 0.1) is 18.6 Å². The molecule has 0 spiro atoms. The van der Waals surface area contributed by atoms with Crippen LogP contribution < -0.4 is 10.3 Å². The van der Waals surface area contributed by atoms with Gasteiger partial charge in [0, 0.05) is 16.5 Å². The normalized spacial score (nSPS) is 11.2. The second-order valence-electron chi connectivity index (χ2n) is 7.68. The van der Waals surface area contributed by atoms with Crippen molar-refractivity contribution in [3.63, 3.8) is 0 Å². The van der Waals surface area contributed by atoms with Crippen molar-refractivity contribution >= 4 is 39.5 Å². The number of carbonyl (C=O) groups is 1. The van der Waals surface area contributed by atoms with Crippen LogP contribution in [0.4, 0.5) is 0 Å². The summed E-state index contributed by atoms with van der Waals surface area (Å²) in [7, 11) is 1.57. The van der Waals surface area contributed by atoms with E-state index in [1.165, 1.54) is 16.3 Å². The van der Waals surface area contributed by atoms with Crippen LogP contribution in [0.1, 0.15) is 15.9 Å². The fourth-order valence-electron chi connectivity index (χ4n) is 3.86.